The lowest BCUT2D eigenvalue weighted by Crippen LogP contribution is -2.59. The van der Waals surface area contributed by atoms with Gasteiger partial charge in [-0.05, 0) is 105 Å². The lowest BCUT2D eigenvalue weighted by molar-refractivity contribution is -0.145. The van der Waals surface area contributed by atoms with Gasteiger partial charge in [-0.3, -0.25) is 24.0 Å². The van der Waals surface area contributed by atoms with Gasteiger partial charge in [-0.15, -0.1) is 11.3 Å². The first-order valence-corrected chi connectivity index (χ1v) is 28.0. The number of nitrogens with one attached hydrogen (secondary N) is 3. The molecular weight excluding hydrogens is 1020 g/mol. The van der Waals surface area contributed by atoms with Crippen molar-refractivity contribution in [3.63, 3.8) is 0 Å². The number of likely N-dealkylation sites (tertiary alicyclic amines) is 2. The second kappa shape index (κ2) is 21.9. The zero-order chi connectivity index (χ0) is 53.5. The molecule has 3 aliphatic heterocycles. The van der Waals surface area contributed by atoms with Crippen molar-refractivity contribution in [1.82, 2.24) is 35.4 Å². The van der Waals surface area contributed by atoms with Crippen LogP contribution in [0.2, 0.25) is 5.02 Å². The van der Waals surface area contributed by atoms with Gasteiger partial charge in [0.2, 0.25) is 23.6 Å². The average molecular weight is 1090 g/mol. The molecule has 3 saturated heterocycles. The van der Waals surface area contributed by atoms with E-state index in [4.69, 9.17) is 22.1 Å². The third-order valence-electron chi connectivity index (χ3n) is 15.7. The molecule has 402 valence electrons. The first kappa shape index (κ1) is 54.4. The molecule has 0 radical (unpaired) electrons. The number of aryl methyl sites for hydroxylation is 1. The van der Waals surface area contributed by atoms with Crippen LogP contribution in [0.1, 0.15) is 96.7 Å². The predicted octanol–water partition coefficient (Wildman–Crippen LogP) is 6.93. The van der Waals surface area contributed by atoms with E-state index in [1.165, 1.54) is 28.0 Å². The fourth-order valence-electron chi connectivity index (χ4n) is 10.1. The largest absolute Gasteiger partial charge is 0.493 e. The molecule has 2 aromatic heterocycles. The summed E-state index contributed by atoms with van der Waals surface area (Å²) in [6.45, 7) is 13.0. The summed E-state index contributed by atoms with van der Waals surface area (Å²) < 4.78 is 21.3. The highest BCUT2D eigenvalue weighted by molar-refractivity contribution is 7.99. The predicted molar refractivity (Wildman–Crippen MR) is 286 cm³/mol. The SMILES string of the molecule is Cc1ncsc1-c1ccc(CNC(=O)[C@@H]2C[C@@H](O)CN2C(=O)[C@@H](NC(=O)C2(F)CC2)C(C)(C)C)c(OCC2CCN(C(=O)C3(C(=O)Nc4cccc(Sc5cnc(N6CCC(C)(CN)CC6)cn5)c4Cl)CC3)CC2)c1. The maximum absolute atomic E-state index is 14.7. The number of ether oxygens (including phenoxy) is 1. The van der Waals surface area contributed by atoms with E-state index >= 15 is 0 Å². The minimum absolute atomic E-state index is 0.000720. The molecule has 3 atom stereocenters. The van der Waals surface area contributed by atoms with Gasteiger partial charge in [0, 0.05) is 56.1 Å². The van der Waals surface area contributed by atoms with Crippen LogP contribution in [0.3, 0.4) is 0 Å². The lowest BCUT2D eigenvalue weighted by Gasteiger charge is -2.39. The van der Waals surface area contributed by atoms with Crippen LogP contribution in [0.15, 0.2) is 64.2 Å². The van der Waals surface area contributed by atoms with Gasteiger partial charge in [-0.1, -0.05) is 69.3 Å². The van der Waals surface area contributed by atoms with Crippen molar-refractivity contribution in [3.8, 4) is 16.2 Å². The van der Waals surface area contributed by atoms with Crippen molar-refractivity contribution in [3.05, 3.63) is 70.6 Å². The van der Waals surface area contributed by atoms with Gasteiger partial charge < -0.3 is 46.2 Å². The maximum Gasteiger partial charge on any atom is 0.258 e. The molecule has 5 amide bonds. The number of aromatic nitrogens is 3. The van der Waals surface area contributed by atoms with E-state index in [2.05, 4.69) is 42.7 Å². The Morgan fingerprint density at radius 1 is 0.987 bits per heavy atom. The highest BCUT2D eigenvalue weighted by Gasteiger charge is 2.58. The molecule has 2 aliphatic carbocycles. The normalized spacial score (nSPS) is 21.3. The minimum Gasteiger partial charge on any atom is -0.493 e. The van der Waals surface area contributed by atoms with Gasteiger partial charge in [0.1, 0.15) is 34.1 Å². The Kier molecular flexibility index (Phi) is 15.9. The molecule has 0 spiro atoms. The highest BCUT2D eigenvalue weighted by atomic mass is 35.5. The Hall–Kier alpha value is -5.41. The van der Waals surface area contributed by atoms with Crippen LogP contribution in [-0.4, -0.2) is 129 Å². The zero-order valence-electron chi connectivity index (χ0n) is 43.3. The van der Waals surface area contributed by atoms with Gasteiger partial charge in [0.15, 0.2) is 5.67 Å². The fourth-order valence-corrected chi connectivity index (χ4v) is 12.0. The molecule has 21 heteroatoms. The molecule has 75 heavy (non-hydrogen) atoms. The number of carbonyl (C=O) groups is 5. The number of piperidine rings is 2. The fraction of sp³-hybridized carbons (Fsp3) is 0.556. The van der Waals surface area contributed by atoms with Crippen molar-refractivity contribution in [2.24, 2.45) is 27.9 Å². The monoisotopic (exact) mass is 1090 g/mol. The number of thiazole rings is 1. The van der Waals surface area contributed by atoms with Gasteiger partial charge in [0.05, 0.1) is 51.9 Å². The van der Waals surface area contributed by atoms with Crippen LogP contribution in [0.25, 0.3) is 10.4 Å². The molecule has 5 fully saturated rings. The lowest BCUT2D eigenvalue weighted by atomic mass is 9.80. The number of hydrogen-bond donors (Lipinski definition) is 5. The molecule has 17 nitrogen and oxygen atoms in total. The first-order chi connectivity index (χ1) is 35.7. The van der Waals surface area contributed by atoms with E-state index in [0.29, 0.717) is 83.9 Å². The summed E-state index contributed by atoms with van der Waals surface area (Å²) >= 11 is 9.75. The first-order valence-electron chi connectivity index (χ1n) is 26.0. The highest BCUT2D eigenvalue weighted by Crippen LogP contribution is 2.49. The quantitative estimate of drug-likeness (QED) is 0.0678. The second-order valence-electron chi connectivity index (χ2n) is 22.5. The molecule has 6 N–H and O–H groups in total. The molecule has 5 heterocycles. The summed E-state index contributed by atoms with van der Waals surface area (Å²) in [7, 11) is 0. The van der Waals surface area contributed by atoms with Crippen LogP contribution < -0.4 is 31.3 Å². The van der Waals surface area contributed by atoms with E-state index in [1.807, 2.05) is 37.3 Å². The van der Waals surface area contributed by atoms with Crippen LogP contribution in [0, 0.1) is 29.1 Å². The number of halogens is 2. The number of hydrogen-bond acceptors (Lipinski definition) is 14. The van der Waals surface area contributed by atoms with E-state index in [1.54, 1.807) is 49.6 Å². The number of alkyl halides is 1. The maximum atomic E-state index is 14.7. The summed E-state index contributed by atoms with van der Waals surface area (Å²) in [6.07, 6.45) is 6.91. The van der Waals surface area contributed by atoms with E-state index in [9.17, 15) is 33.5 Å². The number of nitrogens with zero attached hydrogens (tertiary/aromatic N) is 6. The number of benzene rings is 2. The number of carbonyl (C=O) groups excluding carboxylic acids is 5. The second-order valence-corrected chi connectivity index (χ2v) is 24.8. The van der Waals surface area contributed by atoms with Crippen LogP contribution in [0.4, 0.5) is 15.9 Å². The van der Waals surface area contributed by atoms with E-state index in [-0.39, 0.29) is 55.5 Å². The molecule has 9 rings (SSSR count). The van der Waals surface area contributed by atoms with Gasteiger partial charge >= 0.3 is 0 Å². The number of nitrogens with two attached hydrogens (primary N) is 1. The third-order valence-corrected chi connectivity index (χ3v) is 18.2. The van der Waals surface area contributed by atoms with Crippen LogP contribution in [0.5, 0.6) is 5.75 Å². The summed E-state index contributed by atoms with van der Waals surface area (Å²) in [5.41, 5.74) is 6.84. The average Bonchev–Trinajstić information content (AvgIpc) is 4.29. The van der Waals surface area contributed by atoms with Crippen LogP contribution in [-0.2, 0) is 30.5 Å². The molecule has 5 aliphatic rings. The van der Waals surface area contributed by atoms with Crippen molar-refractivity contribution in [2.45, 2.75) is 133 Å². The molecular formula is C54H68ClFN10O7S2. The Bertz CT molecular complexity index is 2790. The van der Waals surface area contributed by atoms with E-state index in [0.717, 1.165) is 47.9 Å². The smallest absolute Gasteiger partial charge is 0.258 e. The van der Waals surface area contributed by atoms with Crippen LogP contribution >= 0.6 is 34.7 Å². The summed E-state index contributed by atoms with van der Waals surface area (Å²) in [6, 6.07) is 9.02. The molecule has 0 unspecified atom stereocenters. The molecule has 4 aromatic rings. The summed E-state index contributed by atoms with van der Waals surface area (Å²) in [5.74, 6) is -0.988. The van der Waals surface area contributed by atoms with Crippen molar-refractivity contribution in [2.75, 3.05) is 56.1 Å². The Labute approximate surface area is 450 Å². The Balaban J connectivity index is 0.793. The van der Waals surface area contributed by atoms with Crippen molar-refractivity contribution >= 4 is 75.7 Å². The van der Waals surface area contributed by atoms with E-state index < -0.39 is 52.4 Å². The number of β-amino-alcohol motifs (C(OH)–C–C–N with tert-alkyl or cyclic N) is 1. The Morgan fingerprint density at radius 3 is 2.35 bits per heavy atom. The molecule has 2 aromatic carbocycles. The standard InChI is InChI=1S/C54H68ClFN10O7S2/c1-32-44(74-31-61-32)34-9-10-35(25-60-46(68)38-24-36(67)28-66(38)47(69)45(51(2,3)4)63-49(71)54(56)15-16-54)39(23-34)73-29-33-11-19-65(20-12-33)50(72)53(13-14-53)48(70)62-37-7-6-8-40(43(37)55)75-42-27-58-41(26-59-42)64-21-17-52(5,30-57)18-22-64/h6-10,23,26-27,31,33,36,38,45,67H,11-22,24-25,28-30,57H2,1-5H3,(H,60,68)(H,62,70)(H,63,71)/t36-,38+,45-/m1/s1. The van der Waals surface area contributed by atoms with Crippen molar-refractivity contribution < 1.29 is 38.2 Å². The topological polar surface area (TPSA) is 225 Å². The van der Waals surface area contributed by atoms with Gasteiger partial charge in [-0.2, -0.15) is 0 Å². The van der Waals surface area contributed by atoms with Gasteiger partial charge in [0.25, 0.3) is 5.91 Å². The number of aliphatic hydroxyl groups is 1. The number of aliphatic hydroxyl groups excluding tert-OH is 1. The van der Waals surface area contributed by atoms with Crippen molar-refractivity contribution in [1.29, 1.82) is 0 Å². The molecule has 0 bridgehead atoms. The molecule has 2 saturated carbocycles. The van der Waals surface area contributed by atoms with Gasteiger partial charge in [-0.25, -0.2) is 19.3 Å². The summed E-state index contributed by atoms with van der Waals surface area (Å²) in [5, 5.41) is 20.3. The third kappa shape index (κ3) is 12.1. The zero-order valence-corrected chi connectivity index (χ0v) is 45.6. The minimum atomic E-state index is -1.99. The number of amides is 5. The number of anilines is 2. The number of rotatable bonds is 17. The Morgan fingerprint density at radius 2 is 1.72 bits per heavy atom. The summed E-state index contributed by atoms with van der Waals surface area (Å²) in [4.78, 5) is 89.5.